The van der Waals surface area contributed by atoms with Crippen LogP contribution in [-0.4, -0.2) is 47.3 Å². The molecule has 1 atom stereocenters. The molecule has 3 rings (SSSR count). The van der Waals surface area contributed by atoms with Gasteiger partial charge in [-0.2, -0.15) is 26.3 Å². The predicted octanol–water partition coefficient (Wildman–Crippen LogP) is 1.56. The number of ether oxygens (including phenoxy) is 1. The van der Waals surface area contributed by atoms with Crippen LogP contribution in [0.5, 0.6) is 0 Å². The van der Waals surface area contributed by atoms with Crippen LogP contribution in [0.4, 0.5) is 31.1 Å². The lowest BCUT2D eigenvalue weighted by atomic mass is 9.91. The smallest absolute Gasteiger partial charge is 0.416 e. The summed E-state index contributed by atoms with van der Waals surface area (Å²) < 4.78 is 86.3. The van der Waals surface area contributed by atoms with Crippen molar-refractivity contribution < 1.29 is 58.7 Å². The zero-order chi connectivity index (χ0) is 25.1. The van der Waals surface area contributed by atoms with Gasteiger partial charge < -0.3 is 40.9 Å². The highest BCUT2D eigenvalue weighted by Crippen LogP contribution is 2.36. The number of carbonyl (C=O) groups excluding carboxylic acids is 1. The van der Waals surface area contributed by atoms with Crippen LogP contribution < -0.4 is 28.2 Å². The zero-order valence-corrected chi connectivity index (χ0v) is 20.2. The molecule has 2 amide bonds. The summed E-state index contributed by atoms with van der Waals surface area (Å²) in [4.78, 5) is 14.2. The maximum atomic E-state index is 13.1. The van der Waals surface area contributed by atoms with Crippen molar-refractivity contribution >= 4 is 6.03 Å². The highest BCUT2D eigenvalue weighted by molar-refractivity contribution is 5.78. The van der Waals surface area contributed by atoms with E-state index in [0.29, 0.717) is 30.8 Å². The molecule has 1 radical (unpaired) electrons. The first-order valence-corrected chi connectivity index (χ1v) is 11.1. The second-order valence-corrected chi connectivity index (χ2v) is 9.68. The lowest BCUT2D eigenvalue weighted by Crippen LogP contribution is -3.41. The quantitative estimate of drug-likeness (QED) is 0.284. The average molecular weight is 601 g/mol. The van der Waals surface area contributed by atoms with Crippen LogP contribution in [0.2, 0.25) is 0 Å². The minimum absolute atomic E-state index is 0.0775. The second kappa shape index (κ2) is 10.3. The molecule has 2 aromatic carbocycles. The van der Waals surface area contributed by atoms with Crippen LogP contribution in [-0.2, 0) is 29.2 Å². The van der Waals surface area contributed by atoms with Crippen molar-refractivity contribution in [3.05, 3.63) is 70.8 Å². The number of alkyl halides is 6. The fourth-order valence-electron chi connectivity index (χ4n) is 3.69. The lowest BCUT2D eigenvalue weighted by Gasteiger charge is -2.30. The minimum Gasteiger partial charge on any atom is -0.700 e. The van der Waals surface area contributed by atoms with Crippen molar-refractivity contribution in [2.24, 2.45) is 0 Å². The SMILES string of the molecule is CN([I-])CCN1CC(COCc2cc(C(F)(F)F)cc(C(F)(F)F)c2)(c2ccccc2)NC1=O. The van der Waals surface area contributed by atoms with E-state index >= 15 is 0 Å². The fraction of sp³-hybridized carbons (Fsp3) is 0.409. The van der Waals surface area contributed by atoms with E-state index in [1.54, 1.807) is 35.2 Å². The molecular weight excluding hydrogens is 579 g/mol. The maximum Gasteiger partial charge on any atom is 0.416 e. The Balaban J connectivity index is 1.82. The Bertz CT molecular complexity index is 968. The monoisotopic (exact) mass is 601 g/mol. The number of amides is 2. The van der Waals surface area contributed by atoms with Crippen molar-refractivity contribution in [3.63, 3.8) is 0 Å². The minimum atomic E-state index is -4.94. The van der Waals surface area contributed by atoms with Crippen molar-refractivity contribution in [1.82, 2.24) is 13.3 Å². The van der Waals surface area contributed by atoms with Gasteiger partial charge in [0, 0.05) is 6.54 Å². The van der Waals surface area contributed by atoms with Gasteiger partial charge >= 0.3 is 18.4 Å². The molecular formula is C22H22F6IN3O2-. The number of nitrogens with zero attached hydrogens (tertiary/aromatic N) is 2. The van der Waals surface area contributed by atoms with Crippen LogP contribution in [0.15, 0.2) is 48.5 Å². The standard InChI is InChI=1S/C22H22F6IN3O2/c1-31(29)7-8-32-13-20(30-19(32)33,16-5-3-2-4-6-16)14-34-12-15-9-17(21(23,24)25)11-18(10-15)22(26,27)28/h2-6,9-11H,7-8,12-14H2,1H3,(H,30,33)/q-1. The average Bonchev–Trinajstić information content (AvgIpc) is 3.08. The molecule has 1 aliphatic rings. The van der Waals surface area contributed by atoms with Crippen LogP contribution in [0.25, 0.3) is 0 Å². The van der Waals surface area contributed by atoms with E-state index in [2.05, 4.69) is 28.2 Å². The van der Waals surface area contributed by atoms with Gasteiger partial charge in [0.15, 0.2) is 0 Å². The Morgan fingerprint density at radius 3 is 2.18 bits per heavy atom. The third-order valence-corrected chi connectivity index (χ3v) is 5.85. The highest BCUT2D eigenvalue weighted by atomic mass is 127. The first-order valence-electron chi connectivity index (χ1n) is 10.2. The summed E-state index contributed by atoms with van der Waals surface area (Å²) in [6.07, 6.45) is -9.87. The molecule has 1 unspecified atom stereocenters. The number of hydrogen-bond donors (Lipinski definition) is 1. The molecule has 2 aromatic rings. The lowest BCUT2D eigenvalue weighted by molar-refractivity contribution is -0.566. The third kappa shape index (κ3) is 6.54. The zero-order valence-electron chi connectivity index (χ0n) is 18.0. The number of halogens is 7. The molecule has 0 saturated carbocycles. The summed E-state index contributed by atoms with van der Waals surface area (Å²) in [7, 11) is 1.85. The summed E-state index contributed by atoms with van der Waals surface area (Å²) in [5.74, 6) is 0. The van der Waals surface area contributed by atoms with Gasteiger partial charge in [0.2, 0.25) is 0 Å². The van der Waals surface area contributed by atoms with Crippen LogP contribution in [0, 0.1) is 0 Å². The van der Waals surface area contributed by atoms with E-state index in [1.165, 1.54) is 0 Å². The van der Waals surface area contributed by atoms with Crippen LogP contribution in [0.3, 0.4) is 0 Å². The molecule has 0 bridgehead atoms. The molecule has 0 spiro atoms. The summed E-state index contributed by atoms with van der Waals surface area (Å²) in [5.41, 5.74) is -3.35. The molecule has 1 aliphatic heterocycles. The van der Waals surface area contributed by atoms with Gasteiger partial charge in [-0.3, -0.25) is 0 Å². The van der Waals surface area contributed by atoms with Gasteiger partial charge in [-0.25, -0.2) is 4.79 Å². The van der Waals surface area contributed by atoms with Crippen molar-refractivity contribution in [1.29, 1.82) is 0 Å². The van der Waals surface area contributed by atoms with E-state index in [1.807, 2.05) is 10.2 Å². The second-order valence-electron chi connectivity index (χ2n) is 8.04. The molecule has 5 nitrogen and oxygen atoms in total. The first-order chi connectivity index (χ1) is 15.8. The third-order valence-electron chi connectivity index (χ3n) is 5.36. The summed E-state index contributed by atoms with van der Waals surface area (Å²) in [6, 6.07) is 9.92. The van der Waals surface area contributed by atoms with E-state index in [4.69, 9.17) is 4.74 Å². The predicted molar refractivity (Wildman–Crippen MR) is 107 cm³/mol. The topological polar surface area (TPSA) is 44.8 Å². The molecule has 34 heavy (non-hydrogen) atoms. The molecule has 0 aliphatic carbocycles. The summed E-state index contributed by atoms with van der Waals surface area (Å²) in [6.45, 7) is 0.633. The van der Waals surface area contributed by atoms with E-state index < -0.39 is 35.6 Å². The van der Waals surface area contributed by atoms with Gasteiger partial charge in [-0.05, 0) is 42.9 Å². The Morgan fingerprint density at radius 2 is 1.65 bits per heavy atom. The first kappa shape index (κ1) is 26.5. The molecule has 12 heteroatoms. The fourth-order valence-corrected chi connectivity index (χ4v) is 3.91. The van der Waals surface area contributed by atoms with Crippen molar-refractivity contribution in [2.45, 2.75) is 24.5 Å². The Labute approximate surface area is 206 Å². The Morgan fingerprint density at radius 1 is 1.06 bits per heavy atom. The van der Waals surface area contributed by atoms with E-state index in [9.17, 15) is 31.1 Å². The maximum absolute atomic E-state index is 13.1. The van der Waals surface area contributed by atoms with Crippen LogP contribution in [0.1, 0.15) is 22.3 Å². The number of rotatable bonds is 8. The van der Waals surface area contributed by atoms with Gasteiger partial charge in [-0.15, -0.1) is 0 Å². The number of benzene rings is 2. The highest BCUT2D eigenvalue weighted by Gasteiger charge is 2.44. The largest absolute Gasteiger partial charge is 0.700 e. The number of carbonyl (C=O) groups is 1. The Hall–Kier alpha value is -2.06. The molecule has 1 N–H and O–H groups in total. The van der Waals surface area contributed by atoms with E-state index in [-0.39, 0.29) is 30.8 Å². The van der Waals surface area contributed by atoms with Crippen LogP contribution >= 0.6 is 0 Å². The number of nitrogens with one attached hydrogen (secondary N) is 1. The molecule has 1 fully saturated rings. The molecule has 187 valence electrons. The van der Waals surface area contributed by atoms with Gasteiger partial charge in [0.25, 0.3) is 0 Å². The molecule has 0 aromatic heterocycles. The van der Waals surface area contributed by atoms with Crippen molar-refractivity contribution in [2.75, 3.05) is 33.3 Å². The van der Waals surface area contributed by atoms with Gasteiger partial charge in [-0.1, -0.05) is 30.3 Å². The van der Waals surface area contributed by atoms with Gasteiger partial charge in [0.1, 0.15) is 5.54 Å². The number of urea groups is 1. The molecule has 1 heterocycles. The van der Waals surface area contributed by atoms with Crippen molar-refractivity contribution in [3.8, 4) is 0 Å². The summed E-state index contributed by atoms with van der Waals surface area (Å²) in [5, 5.41) is 2.90. The number of hydrogen-bond acceptors (Lipinski definition) is 3. The Kier molecular flexibility index (Phi) is 8.03. The van der Waals surface area contributed by atoms with E-state index in [0.717, 1.165) is 0 Å². The summed E-state index contributed by atoms with van der Waals surface area (Å²) >= 11 is 2.09. The molecule has 1 saturated heterocycles. The number of likely N-dealkylation sites (N-methyl/N-ethyl adjacent to an activating group) is 1. The normalized spacial score (nSPS) is 19.1. The van der Waals surface area contributed by atoms with Gasteiger partial charge in [0.05, 0.1) is 30.9 Å².